The van der Waals surface area contributed by atoms with Crippen LogP contribution < -0.4 is 14.4 Å². The highest BCUT2D eigenvalue weighted by Crippen LogP contribution is 2.27. The summed E-state index contributed by atoms with van der Waals surface area (Å²) in [5, 5.41) is 3.61. The summed E-state index contributed by atoms with van der Waals surface area (Å²) in [6, 6.07) is 18.3. The van der Waals surface area contributed by atoms with Gasteiger partial charge in [-0.2, -0.15) is 0 Å². The number of rotatable bonds is 13. The Morgan fingerprint density at radius 3 is 2.15 bits per heavy atom. The molecule has 2 unspecified atom stereocenters. The zero-order valence-electron chi connectivity index (χ0n) is 23.5. The van der Waals surface area contributed by atoms with Crippen LogP contribution in [0.5, 0.6) is 5.75 Å². The number of carbonyl (C=O) groups excluding carboxylic acids is 2. The van der Waals surface area contributed by atoms with Crippen molar-refractivity contribution in [2.75, 3.05) is 18.0 Å². The minimum absolute atomic E-state index is 0.00691. The predicted molar refractivity (Wildman–Crippen MR) is 163 cm³/mol. The van der Waals surface area contributed by atoms with E-state index >= 15 is 0 Å². The molecule has 0 aliphatic carbocycles. The molecule has 0 radical (unpaired) electrons. The third kappa shape index (κ3) is 8.15. The van der Waals surface area contributed by atoms with Crippen LogP contribution in [-0.2, 0) is 26.2 Å². The Hall–Kier alpha value is -3.27. The van der Waals surface area contributed by atoms with E-state index in [1.54, 1.807) is 67.6 Å². The summed E-state index contributed by atoms with van der Waals surface area (Å²) in [7, 11) is -2.69. The molecule has 8 nitrogen and oxygen atoms in total. The van der Waals surface area contributed by atoms with Gasteiger partial charge in [0, 0.05) is 12.6 Å². The molecule has 0 heterocycles. The number of benzene rings is 3. The number of amides is 2. The molecule has 0 bridgehead atoms. The molecule has 0 spiro atoms. The standard InChI is InChI=1S/C30H35Cl2N3O5S/c1-5-21(3)33-30(37)28(6-2)34(19-22-12-17-26(31)27(32)18-22)29(36)20-35(23-10-8-7-9-11-23)41(38,39)25-15-13-24(40-4)14-16-25/h7-18,21,28H,5-6,19-20H2,1-4H3,(H,33,37). The zero-order chi connectivity index (χ0) is 30.2. The van der Waals surface area contributed by atoms with Crippen LogP contribution in [0.4, 0.5) is 5.69 Å². The lowest BCUT2D eigenvalue weighted by molar-refractivity contribution is -0.140. The lowest BCUT2D eigenvalue weighted by atomic mass is 10.1. The number of nitrogens with zero attached hydrogens (tertiary/aromatic N) is 2. The largest absolute Gasteiger partial charge is 0.497 e. The van der Waals surface area contributed by atoms with Crippen molar-refractivity contribution >= 4 is 50.7 Å². The van der Waals surface area contributed by atoms with E-state index in [2.05, 4.69) is 5.32 Å². The Labute approximate surface area is 252 Å². The summed E-state index contributed by atoms with van der Waals surface area (Å²) < 4.78 is 34.0. The molecule has 0 aromatic heterocycles. The van der Waals surface area contributed by atoms with Crippen molar-refractivity contribution in [1.29, 1.82) is 0 Å². The Morgan fingerprint density at radius 2 is 1.59 bits per heavy atom. The molecule has 3 aromatic carbocycles. The van der Waals surface area contributed by atoms with Gasteiger partial charge in [-0.3, -0.25) is 13.9 Å². The first-order chi connectivity index (χ1) is 19.5. The number of sulfonamides is 1. The summed E-state index contributed by atoms with van der Waals surface area (Å²) in [5.41, 5.74) is 0.954. The quantitative estimate of drug-likeness (QED) is 0.256. The first-order valence-corrected chi connectivity index (χ1v) is 15.5. The van der Waals surface area contributed by atoms with E-state index in [0.717, 1.165) is 4.31 Å². The highest BCUT2D eigenvalue weighted by Gasteiger charge is 2.34. The van der Waals surface area contributed by atoms with Crippen LogP contribution in [0.2, 0.25) is 10.0 Å². The molecule has 220 valence electrons. The number of nitrogens with one attached hydrogen (secondary N) is 1. The Morgan fingerprint density at radius 1 is 0.927 bits per heavy atom. The second-order valence-electron chi connectivity index (χ2n) is 9.53. The normalized spacial score (nSPS) is 12.7. The van der Waals surface area contributed by atoms with Gasteiger partial charge in [0.05, 0.1) is 27.7 Å². The van der Waals surface area contributed by atoms with E-state index in [9.17, 15) is 18.0 Å². The van der Waals surface area contributed by atoms with Crippen LogP contribution in [0.3, 0.4) is 0 Å². The van der Waals surface area contributed by atoms with Gasteiger partial charge in [0.2, 0.25) is 11.8 Å². The number of hydrogen-bond acceptors (Lipinski definition) is 5. The number of halogens is 2. The van der Waals surface area contributed by atoms with Gasteiger partial charge in [-0.1, -0.05) is 61.3 Å². The summed E-state index contributed by atoms with van der Waals surface area (Å²) in [6.07, 6.45) is 1.02. The molecule has 0 fully saturated rings. The average molecular weight is 621 g/mol. The van der Waals surface area contributed by atoms with E-state index in [1.165, 1.54) is 24.1 Å². The lowest BCUT2D eigenvalue weighted by Crippen LogP contribution is -2.53. The van der Waals surface area contributed by atoms with Crippen molar-refractivity contribution in [1.82, 2.24) is 10.2 Å². The number of methoxy groups -OCH3 is 1. The maximum Gasteiger partial charge on any atom is 0.264 e. The second-order valence-corrected chi connectivity index (χ2v) is 12.2. The number of carbonyl (C=O) groups is 2. The smallest absolute Gasteiger partial charge is 0.264 e. The molecule has 0 aliphatic rings. The Balaban J connectivity index is 2.05. The maximum atomic E-state index is 14.1. The van der Waals surface area contributed by atoms with Gasteiger partial charge in [0.15, 0.2) is 0 Å². The van der Waals surface area contributed by atoms with Crippen molar-refractivity contribution in [3.05, 3.63) is 88.4 Å². The van der Waals surface area contributed by atoms with Crippen molar-refractivity contribution in [2.45, 2.75) is 57.1 Å². The summed E-state index contributed by atoms with van der Waals surface area (Å²) in [6.45, 7) is 5.12. The van der Waals surface area contributed by atoms with E-state index in [-0.39, 0.29) is 23.4 Å². The second kappa shape index (κ2) is 14.6. The van der Waals surface area contributed by atoms with Crippen LogP contribution in [-0.4, -0.2) is 50.9 Å². The van der Waals surface area contributed by atoms with Gasteiger partial charge < -0.3 is 15.0 Å². The number of hydrogen-bond donors (Lipinski definition) is 1. The van der Waals surface area contributed by atoms with Crippen LogP contribution in [0.25, 0.3) is 0 Å². The van der Waals surface area contributed by atoms with E-state index in [4.69, 9.17) is 27.9 Å². The van der Waals surface area contributed by atoms with Crippen LogP contribution >= 0.6 is 23.2 Å². The monoisotopic (exact) mass is 619 g/mol. The molecule has 0 aliphatic heterocycles. The first-order valence-electron chi connectivity index (χ1n) is 13.3. The first kappa shape index (κ1) is 32.2. The fourth-order valence-electron chi connectivity index (χ4n) is 4.19. The highest BCUT2D eigenvalue weighted by atomic mass is 35.5. The van der Waals surface area contributed by atoms with Gasteiger partial charge in [0.1, 0.15) is 18.3 Å². The zero-order valence-corrected chi connectivity index (χ0v) is 25.8. The topological polar surface area (TPSA) is 96.0 Å². The molecule has 3 rings (SSSR count). The number of anilines is 1. The number of ether oxygens (including phenoxy) is 1. The third-order valence-corrected chi connectivity index (χ3v) is 9.22. The van der Waals surface area contributed by atoms with E-state index < -0.39 is 28.5 Å². The van der Waals surface area contributed by atoms with Gasteiger partial charge >= 0.3 is 0 Å². The molecule has 11 heteroatoms. The molecule has 1 N–H and O–H groups in total. The average Bonchev–Trinajstić information content (AvgIpc) is 2.97. The van der Waals surface area contributed by atoms with Crippen LogP contribution in [0.15, 0.2) is 77.7 Å². The maximum absolute atomic E-state index is 14.1. The predicted octanol–water partition coefficient (Wildman–Crippen LogP) is 5.92. The Kier molecular flexibility index (Phi) is 11.5. The summed E-state index contributed by atoms with van der Waals surface area (Å²) >= 11 is 12.3. The number of para-hydroxylation sites is 1. The third-order valence-electron chi connectivity index (χ3n) is 6.69. The van der Waals surface area contributed by atoms with Gasteiger partial charge in [-0.25, -0.2) is 8.42 Å². The van der Waals surface area contributed by atoms with E-state index in [1.807, 2.05) is 13.8 Å². The Bertz CT molecular complexity index is 1440. The van der Waals surface area contributed by atoms with Gasteiger partial charge in [0.25, 0.3) is 10.0 Å². The summed E-state index contributed by atoms with van der Waals surface area (Å²) in [5.74, 6) is -0.375. The van der Waals surface area contributed by atoms with Crippen LogP contribution in [0.1, 0.15) is 39.2 Å². The van der Waals surface area contributed by atoms with Crippen LogP contribution in [0, 0.1) is 0 Å². The van der Waals surface area contributed by atoms with E-state index in [0.29, 0.717) is 39.9 Å². The lowest BCUT2D eigenvalue weighted by Gasteiger charge is -2.33. The minimum Gasteiger partial charge on any atom is -0.497 e. The van der Waals surface area contributed by atoms with Crippen molar-refractivity contribution in [3.63, 3.8) is 0 Å². The molecule has 2 atom stereocenters. The SMILES string of the molecule is CCC(C)NC(=O)C(CC)N(Cc1ccc(Cl)c(Cl)c1)C(=O)CN(c1ccccc1)S(=O)(=O)c1ccc(OC)cc1. The molecular weight excluding hydrogens is 585 g/mol. The van der Waals surface area contributed by atoms with Gasteiger partial charge in [-0.15, -0.1) is 0 Å². The molecule has 41 heavy (non-hydrogen) atoms. The minimum atomic E-state index is -4.18. The fraction of sp³-hybridized carbons (Fsp3) is 0.333. The van der Waals surface area contributed by atoms with Gasteiger partial charge in [-0.05, 0) is 73.9 Å². The highest BCUT2D eigenvalue weighted by molar-refractivity contribution is 7.92. The van der Waals surface area contributed by atoms with Crippen molar-refractivity contribution in [3.8, 4) is 5.75 Å². The molecule has 2 amide bonds. The molecular formula is C30H35Cl2N3O5S. The van der Waals surface area contributed by atoms with Crippen molar-refractivity contribution < 1.29 is 22.7 Å². The fourth-order valence-corrected chi connectivity index (χ4v) is 5.93. The van der Waals surface area contributed by atoms with Crippen molar-refractivity contribution in [2.24, 2.45) is 0 Å². The molecule has 3 aromatic rings. The summed E-state index contributed by atoms with van der Waals surface area (Å²) in [4.78, 5) is 28.8. The molecule has 0 saturated heterocycles. The molecule has 0 saturated carbocycles.